The van der Waals surface area contributed by atoms with Crippen LogP contribution in [0.3, 0.4) is 0 Å². The van der Waals surface area contributed by atoms with E-state index in [-0.39, 0.29) is 18.4 Å². The highest BCUT2D eigenvalue weighted by molar-refractivity contribution is 7.14. The zero-order valence-corrected chi connectivity index (χ0v) is 17.4. The lowest BCUT2D eigenvalue weighted by atomic mass is 9.99. The molecule has 1 aliphatic carbocycles. The van der Waals surface area contributed by atoms with Gasteiger partial charge in [-0.15, -0.1) is 11.3 Å². The molecule has 1 atom stereocenters. The van der Waals surface area contributed by atoms with Crippen molar-refractivity contribution in [2.24, 2.45) is 0 Å². The molecule has 0 N–H and O–H groups in total. The molecule has 0 spiro atoms. The van der Waals surface area contributed by atoms with Crippen LogP contribution in [0.15, 0.2) is 30.3 Å². The Bertz CT molecular complexity index is 908. The maximum absolute atomic E-state index is 13.5. The van der Waals surface area contributed by atoms with E-state index < -0.39 is 6.10 Å². The van der Waals surface area contributed by atoms with Crippen molar-refractivity contribution in [1.82, 2.24) is 4.90 Å². The van der Waals surface area contributed by atoms with Crippen LogP contribution in [-0.2, 0) is 17.6 Å². The van der Waals surface area contributed by atoms with Crippen LogP contribution in [0.25, 0.3) is 0 Å². The predicted octanol–water partition coefficient (Wildman–Crippen LogP) is 4.05. The molecule has 0 radical (unpaired) electrons. The van der Waals surface area contributed by atoms with Gasteiger partial charge in [0.05, 0.1) is 17.1 Å². The van der Waals surface area contributed by atoms with E-state index in [4.69, 9.17) is 4.74 Å². The highest BCUT2D eigenvalue weighted by Gasteiger charge is 2.37. The Balaban J connectivity index is 1.43. The van der Waals surface area contributed by atoms with Gasteiger partial charge in [-0.05, 0) is 68.7 Å². The summed E-state index contributed by atoms with van der Waals surface area (Å²) in [6.45, 7) is 1.84. The Kier molecular flexibility index (Phi) is 5.04. The van der Waals surface area contributed by atoms with Crippen LogP contribution in [-0.4, -0.2) is 42.5 Å². The molecular formula is C23H26N2O3S. The lowest BCUT2D eigenvalue weighted by molar-refractivity contribution is -0.139. The van der Waals surface area contributed by atoms with Gasteiger partial charge in [0, 0.05) is 18.0 Å². The first-order chi connectivity index (χ1) is 14.2. The van der Waals surface area contributed by atoms with E-state index in [2.05, 4.69) is 6.07 Å². The summed E-state index contributed by atoms with van der Waals surface area (Å²) < 4.78 is 6.06. The highest BCUT2D eigenvalue weighted by Crippen LogP contribution is 2.37. The molecule has 2 aliphatic heterocycles. The number of likely N-dealkylation sites (tertiary alicyclic amines) is 1. The summed E-state index contributed by atoms with van der Waals surface area (Å²) in [4.78, 5) is 32.3. The second-order valence-electron chi connectivity index (χ2n) is 8.14. The van der Waals surface area contributed by atoms with Gasteiger partial charge >= 0.3 is 0 Å². The van der Waals surface area contributed by atoms with Crippen molar-refractivity contribution in [2.75, 3.05) is 24.5 Å². The van der Waals surface area contributed by atoms with Crippen LogP contribution in [0.4, 0.5) is 5.69 Å². The molecule has 0 bridgehead atoms. The number of para-hydroxylation sites is 2. The number of hydrogen-bond acceptors (Lipinski definition) is 4. The van der Waals surface area contributed by atoms with Gasteiger partial charge in [0.25, 0.3) is 11.8 Å². The van der Waals surface area contributed by atoms with Crippen LogP contribution < -0.4 is 9.64 Å². The van der Waals surface area contributed by atoms with E-state index in [0.717, 1.165) is 49.3 Å². The third kappa shape index (κ3) is 3.54. The molecule has 0 saturated carbocycles. The minimum atomic E-state index is -0.637. The lowest BCUT2D eigenvalue weighted by Gasteiger charge is -2.37. The van der Waals surface area contributed by atoms with Gasteiger partial charge in [-0.1, -0.05) is 12.1 Å². The zero-order valence-electron chi connectivity index (χ0n) is 16.6. The van der Waals surface area contributed by atoms with E-state index >= 15 is 0 Å². The topological polar surface area (TPSA) is 49.9 Å². The summed E-state index contributed by atoms with van der Waals surface area (Å²) in [6, 6.07) is 9.63. The van der Waals surface area contributed by atoms with Crippen LogP contribution in [0.1, 0.15) is 52.2 Å². The minimum Gasteiger partial charge on any atom is -0.476 e. The minimum absolute atomic E-state index is 0.00229. The number of fused-ring (bicyclic) bond motifs is 2. The zero-order chi connectivity index (χ0) is 19.8. The van der Waals surface area contributed by atoms with Crippen molar-refractivity contribution in [2.45, 2.75) is 51.0 Å². The molecule has 0 unspecified atom stereocenters. The monoisotopic (exact) mass is 410 g/mol. The number of rotatable bonds is 2. The number of aryl methyl sites for hydroxylation is 2. The molecule has 29 heavy (non-hydrogen) atoms. The molecule has 152 valence electrons. The van der Waals surface area contributed by atoms with E-state index in [1.165, 1.54) is 29.7 Å². The number of amides is 2. The molecule has 3 heterocycles. The second kappa shape index (κ2) is 7.82. The summed E-state index contributed by atoms with van der Waals surface area (Å²) >= 11 is 1.62. The number of benzene rings is 1. The summed E-state index contributed by atoms with van der Waals surface area (Å²) in [5.41, 5.74) is 2.08. The van der Waals surface area contributed by atoms with Crippen LogP contribution in [0.5, 0.6) is 5.75 Å². The first kappa shape index (κ1) is 18.7. The molecule has 5 nitrogen and oxygen atoms in total. The molecule has 2 aromatic rings. The van der Waals surface area contributed by atoms with Gasteiger partial charge in [-0.2, -0.15) is 0 Å². The van der Waals surface area contributed by atoms with Gasteiger partial charge < -0.3 is 9.64 Å². The van der Waals surface area contributed by atoms with Gasteiger partial charge in [0.1, 0.15) is 5.75 Å². The molecular weight excluding hydrogens is 384 g/mol. The number of carbonyl (C=O) groups is 2. The first-order valence-electron chi connectivity index (χ1n) is 10.7. The number of nitrogens with zero attached hydrogens (tertiary/aromatic N) is 2. The van der Waals surface area contributed by atoms with Crippen molar-refractivity contribution in [1.29, 1.82) is 0 Å². The molecule has 6 heteroatoms. The maximum atomic E-state index is 13.5. The molecule has 5 rings (SSSR count). The van der Waals surface area contributed by atoms with E-state index in [1.54, 1.807) is 16.2 Å². The number of ether oxygens (including phenoxy) is 1. The van der Waals surface area contributed by atoms with Crippen molar-refractivity contribution in [3.05, 3.63) is 45.6 Å². The SMILES string of the molecule is O=C([C@@H]1CN(C(=O)c2cc3c(s2)CCCC3)c2ccccc2O1)N1CCCCC1. The average molecular weight is 411 g/mol. The highest BCUT2D eigenvalue weighted by atomic mass is 32.1. The van der Waals surface area contributed by atoms with Crippen LogP contribution >= 0.6 is 11.3 Å². The second-order valence-corrected chi connectivity index (χ2v) is 9.28. The third-order valence-corrected chi connectivity index (χ3v) is 7.39. The average Bonchev–Trinajstić information content (AvgIpc) is 3.22. The van der Waals surface area contributed by atoms with E-state index in [1.807, 2.05) is 29.2 Å². The first-order valence-corrected chi connectivity index (χ1v) is 11.5. The Morgan fingerprint density at radius 3 is 2.62 bits per heavy atom. The molecule has 2 amide bonds. The smallest absolute Gasteiger partial charge is 0.268 e. The Hall–Kier alpha value is -2.34. The summed E-state index contributed by atoms with van der Waals surface area (Å²) in [7, 11) is 0. The van der Waals surface area contributed by atoms with E-state index in [9.17, 15) is 9.59 Å². The van der Waals surface area contributed by atoms with Crippen LogP contribution in [0.2, 0.25) is 0 Å². The molecule has 1 aromatic carbocycles. The summed E-state index contributed by atoms with van der Waals surface area (Å²) in [6.07, 6.45) is 7.15. The Morgan fingerprint density at radius 2 is 1.79 bits per heavy atom. The fourth-order valence-corrected chi connectivity index (χ4v) is 5.80. The van der Waals surface area contributed by atoms with Gasteiger partial charge in [-0.3, -0.25) is 14.5 Å². The summed E-state index contributed by atoms with van der Waals surface area (Å²) in [5.74, 6) is 0.600. The Labute approximate surface area is 175 Å². The summed E-state index contributed by atoms with van der Waals surface area (Å²) in [5, 5.41) is 0. The Morgan fingerprint density at radius 1 is 1.00 bits per heavy atom. The largest absolute Gasteiger partial charge is 0.476 e. The lowest BCUT2D eigenvalue weighted by Crippen LogP contribution is -2.52. The van der Waals surface area contributed by atoms with Gasteiger partial charge in [-0.25, -0.2) is 0 Å². The van der Waals surface area contributed by atoms with Crippen molar-refractivity contribution in [3.8, 4) is 5.75 Å². The van der Waals surface area contributed by atoms with Gasteiger partial charge in [0.2, 0.25) is 0 Å². The number of piperidine rings is 1. The van der Waals surface area contributed by atoms with Gasteiger partial charge in [0.15, 0.2) is 6.10 Å². The number of hydrogen-bond donors (Lipinski definition) is 0. The fraction of sp³-hybridized carbons (Fsp3) is 0.478. The predicted molar refractivity (Wildman–Crippen MR) is 114 cm³/mol. The molecule has 3 aliphatic rings. The van der Waals surface area contributed by atoms with Crippen molar-refractivity contribution in [3.63, 3.8) is 0 Å². The number of carbonyl (C=O) groups excluding carboxylic acids is 2. The standard InChI is InChI=1S/C23H26N2O3S/c26-22(24-12-6-1-7-13-24)19-15-25(17-9-3-4-10-18(17)28-19)23(27)21-14-16-8-2-5-11-20(16)29-21/h3-4,9-10,14,19H,1-2,5-8,11-13,15H2/t19-/m0/s1. The molecule has 1 saturated heterocycles. The number of thiophene rings is 1. The third-order valence-electron chi connectivity index (χ3n) is 6.17. The van der Waals surface area contributed by atoms with Crippen molar-refractivity contribution < 1.29 is 14.3 Å². The maximum Gasteiger partial charge on any atom is 0.268 e. The molecule has 1 aromatic heterocycles. The number of anilines is 1. The van der Waals surface area contributed by atoms with E-state index in [0.29, 0.717) is 5.75 Å². The van der Waals surface area contributed by atoms with Crippen molar-refractivity contribution >= 4 is 28.8 Å². The van der Waals surface area contributed by atoms with Crippen LogP contribution in [0, 0.1) is 0 Å². The molecule has 1 fully saturated rings. The quantitative estimate of drug-likeness (QED) is 0.751. The fourth-order valence-electron chi connectivity index (χ4n) is 4.60. The normalized spacial score (nSPS) is 21.2.